The molecule has 0 spiro atoms. The van der Waals surface area contributed by atoms with Crippen molar-refractivity contribution in [2.75, 3.05) is 0 Å². The third-order valence-electron chi connectivity index (χ3n) is 2.19. The lowest BCUT2D eigenvalue weighted by atomic mass is 10.3. The molecule has 18 heavy (non-hydrogen) atoms. The van der Waals surface area contributed by atoms with Gasteiger partial charge in [0.2, 0.25) is 0 Å². The third kappa shape index (κ3) is 2.17. The van der Waals surface area contributed by atoms with Gasteiger partial charge in [0.05, 0.1) is 10.7 Å². The summed E-state index contributed by atoms with van der Waals surface area (Å²) in [6.07, 6.45) is -4.60. The minimum Gasteiger partial charge on any atom is -0.221 e. The molecule has 2 rings (SSSR count). The normalized spacial score (nSPS) is 11.3. The lowest BCUT2D eigenvalue weighted by Gasteiger charge is -2.05. The predicted molar refractivity (Wildman–Crippen MR) is 58.3 cm³/mol. The largest absolute Gasteiger partial charge is 0.435 e. The van der Waals surface area contributed by atoms with Crippen molar-refractivity contribution in [2.24, 2.45) is 0 Å². The fraction of sp³-hybridized carbons (Fsp3) is 0.0909. The molecule has 0 unspecified atom stereocenters. The molecule has 0 saturated heterocycles. The van der Waals surface area contributed by atoms with Crippen LogP contribution < -0.4 is 0 Å². The van der Waals surface area contributed by atoms with Crippen LogP contribution in [0.5, 0.6) is 0 Å². The van der Waals surface area contributed by atoms with Crippen molar-refractivity contribution < 1.29 is 13.2 Å². The number of hydrogen-bond acceptors (Lipinski definition) is 2. The number of halogens is 4. The Morgan fingerprint density at radius 1 is 1.28 bits per heavy atom. The van der Waals surface area contributed by atoms with E-state index in [4.69, 9.17) is 16.9 Å². The number of hydrogen-bond donors (Lipinski definition) is 0. The maximum atomic E-state index is 12.5. The van der Waals surface area contributed by atoms with Crippen LogP contribution in [0.1, 0.15) is 11.4 Å². The molecule has 1 aromatic carbocycles. The van der Waals surface area contributed by atoms with E-state index in [0.29, 0.717) is 6.07 Å². The van der Waals surface area contributed by atoms with Gasteiger partial charge in [0.25, 0.3) is 0 Å². The predicted octanol–water partition coefficient (Wildman–Crippen LogP) is 3.42. The summed E-state index contributed by atoms with van der Waals surface area (Å²) in [7, 11) is 0. The summed E-state index contributed by atoms with van der Waals surface area (Å²) in [5.41, 5.74) is -1.12. The van der Waals surface area contributed by atoms with Crippen molar-refractivity contribution in [1.82, 2.24) is 9.78 Å². The molecule has 3 nitrogen and oxygen atoms in total. The molecule has 0 atom stereocenters. The molecule has 1 heterocycles. The quantitative estimate of drug-likeness (QED) is 0.797. The van der Waals surface area contributed by atoms with Crippen molar-refractivity contribution in [3.63, 3.8) is 0 Å². The van der Waals surface area contributed by atoms with Gasteiger partial charge in [0.15, 0.2) is 5.69 Å². The number of rotatable bonds is 1. The Hall–Kier alpha value is -2.00. The third-order valence-corrected chi connectivity index (χ3v) is 2.51. The monoisotopic (exact) mass is 271 g/mol. The van der Waals surface area contributed by atoms with Gasteiger partial charge in [0, 0.05) is 6.07 Å². The molecule has 0 amide bonds. The van der Waals surface area contributed by atoms with Crippen molar-refractivity contribution in [2.45, 2.75) is 6.18 Å². The Morgan fingerprint density at radius 2 is 1.94 bits per heavy atom. The Bertz CT molecular complexity index is 625. The van der Waals surface area contributed by atoms with Crippen molar-refractivity contribution in [3.8, 4) is 11.8 Å². The van der Waals surface area contributed by atoms with E-state index in [2.05, 4.69) is 5.10 Å². The minimum atomic E-state index is -4.60. The number of alkyl halides is 3. The van der Waals surface area contributed by atoms with Gasteiger partial charge < -0.3 is 0 Å². The molecule has 0 aliphatic rings. The molecule has 0 saturated carbocycles. The summed E-state index contributed by atoms with van der Waals surface area (Å²) in [5, 5.41) is 12.4. The number of aromatic nitrogens is 2. The molecule has 0 bridgehead atoms. The topological polar surface area (TPSA) is 41.6 Å². The summed E-state index contributed by atoms with van der Waals surface area (Å²) in [6, 6.07) is 8.55. The van der Waals surface area contributed by atoms with Gasteiger partial charge in [-0.1, -0.05) is 23.7 Å². The average Bonchev–Trinajstić information content (AvgIpc) is 2.73. The van der Waals surface area contributed by atoms with Crippen molar-refractivity contribution in [1.29, 1.82) is 5.26 Å². The Balaban J connectivity index is 2.63. The number of para-hydroxylation sites is 1. The first-order chi connectivity index (χ1) is 8.43. The molecule has 7 heteroatoms. The summed E-state index contributed by atoms with van der Waals surface area (Å²) in [5.74, 6) is 0. The van der Waals surface area contributed by atoms with Crippen LogP contribution in [-0.4, -0.2) is 9.78 Å². The van der Waals surface area contributed by atoms with E-state index >= 15 is 0 Å². The highest BCUT2D eigenvalue weighted by atomic mass is 35.5. The first-order valence-corrected chi connectivity index (χ1v) is 5.13. The van der Waals surface area contributed by atoms with Gasteiger partial charge in [-0.2, -0.15) is 23.5 Å². The van der Waals surface area contributed by atoms with Crippen LogP contribution in [0.25, 0.3) is 5.69 Å². The highest BCUT2D eigenvalue weighted by Gasteiger charge is 2.35. The fourth-order valence-electron chi connectivity index (χ4n) is 1.41. The van der Waals surface area contributed by atoms with Gasteiger partial charge in [-0.05, 0) is 12.1 Å². The van der Waals surface area contributed by atoms with Crippen LogP contribution in [0, 0.1) is 11.3 Å². The Morgan fingerprint density at radius 3 is 2.50 bits per heavy atom. The van der Waals surface area contributed by atoms with Gasteiger partial charge >= 0.3 is 6.18 Å². The standard InChI is InChI=1S/C11H5ClF3N3/c12-8-3-1-2-4-9(8)18-7(6-16)5-10(17-18)11(13,14)15/h1-5H. The minimum absolute atomic E-state index is 0.214. The van der Waals surface area contributed by atoms with Gasteiger partial charge in [0.1, 0.15) is 11.8 Å². The highest BCUT2D eigenvalue weighted by Crippen LogP contribution is 2.30. The van der Waals surface area contributed by atoms with Crippen LogP contribution in [0.15, 0.2) is 30.3 Å². The zero-order valence-electron chi connectivity index (χ0n) is 8.74. The molecule has 0 fully saturated rings. The van der Waals surface area contributed by atoms with E-state index < -0.39 is 11.9 Å². The molecule has 1 aromatic heterocycles. The summed E-state index contributed by atoms with van der Waals surface area (Å²) in [6.45, 7) is 0. The molecular formula is C11H5ClF3N3. The number of nitrogens with zero attached hydrogens (tertiary/aromatic N) is 3. The summed E-state index contributed by atoms with van der Waals surface area (Å²) in [4.78, 5) is 0. The van der Waals surface area contributed by atoms with Crippen LogP contribution in [0.2, 0.25) is 5.02 Å². The van der Waals surface area contributed by atoms with Crippen molar-refractivity contribution in [3.05, 3.63) is 46.7 Å². The van der Waals surface area contributed by atoms with Crippen molar-refractivity contribution >= 4 is 11.6 Å². The second-order valence-electron chi connectivity index (χ2n) is 3.39. The maximum absolute atomic E-state index is 12.5. The Labute approximate surface area is 105 Å². The van der Waals surface area contributed by atoms with E-state index in [-0.39, 0.29) is 16.4 Å². The van der Waals surface area contributed by atoms with Crippen LogP contribution >= 0.6 is 11.6 Å². The molecule has 0 N–H and O–H groups in total. The number of nitriles is 1. The second-order valence-corrected chi connectivity index (χ2v) is 3.79. The molecular weight excluding hydrogens is 267 g/mol. The highest BCUT2D eigenvalue weighted by molar-refractivity contribution is 6.32. The first kappa shape index (κ1) is 12.5. The zero-order chi connectivity index (χ0) is 13.3. The Kier molecular flexibility index (Phi) is 3.01. The summed E-state index contributed by atoms with van der Waals surface area (Å²) < 4.78 is 38.4. The molecule has 92 valence electrons. The lowest BCUT2D eigenvalue weighted by molar-refractivity contribution is -0.141. The second kappa shape index (κ2) is 4.35. The van der Waals surface area contributed by atoms with E-state index in [9.17, 15) is 13.2 Å². The van der Waals surface area contributed by atoms with Gasteiger partial charge in [-0.25, -0.2) is 4.68 Å². The fourth-order valence-corrected chi connectivity index (χ4v) is 1.62. The average molecular weight is 272 g/mol. The molecule has 2 aromatic rings. The van der Waals surface area contributed by atoms with E-state index in [1.807, 2.05) is 0 Å². The number of benzene rings is 1. The SMILES string of the molecule is N#Cc1cc(C(F)(F)F)nn1-c1ccccc1Cl. The molecule has 0 aliphatic carbocycles. The summed E-state index contributed by atoms with van der Waals surface area (Å²) >= 11 is 5.86. The zero-order valence-corrected chi connectivity index (χ0v) is 9.50. The van der Waals surface area contributed by atoms with E-state index in [0.717, 1.165) is 4.68 Å². The van der Waals surface area contributed by atoms with Gasteiger partial charge in [-0.3, -0.25) is 0 Å². The van der Waals surface area contributed by atoms with Crippen LogP contribution in [-0.2, 0) is 6.18 Å². The first-order valence-electron chi connectivity index (χ1n) is 4.76. The molecule has 0 aliphatic heterocycles. The lowest BCUT2D eigenvalue weighted by Crippen LogP contribution is -2.07. The van der Waals surface area contributed by atoms with Crippen LogP contribution in [0.4, 0.5) is 13.2 Å². The van der Waals surface area contributed by atoms with Gasteiger partial charge in [-0.15, -0.1) is 0 Å². The smallest absolute Gasteiger partial charge is 0.221 e. The van der Waals surface area contributed by atoms with E-state index in [1.54, 1.807) is 18.2 Å². The van der Waals surface area contributed by atoms with Crippen LogP contribution in [0.3, 0.4) is 0 Å². The van der Waals surface area contributed by atoms with E-state index in [1.165, 1.54) is 12.1 Å². The molecule has 0 radical (unpaired) electrons. The maximum Gasteiger partial charge on any atom is 0.435 e.